The topological polar surface area (TPSA) is 294 Å². The molecule has 2 heterocycles. The van der Waals surface area contributed by atoms with Gasteiger partial charge in [0.05, 0.1) is 25.1 Å². The number of aromatic nitrogens is 2. The summed E-state index contributed by atoms with van der Waals surface area (Å²) >= 11 is 0. The molecule has 9 N–H and O–H groups in total. The number of primary amides is 1. The summed E-state index contributed by atoms with van der Waals surface area (Å²) in [6, 6.07) is 3.04. The number of hydrogen-bond donors (Lipinski definition) is 8. The number of nitrogens with zero attached hydrogens (tertiary/aromatic N) is 3. The van der Waals surface area contributed by atoms with E-state index < -0.39 is 86.4 Å². The Hall–Kier alpha value is -4.98. The van der Waals surface area contributed by atoms with Crippen LogP contribution in [0.5, 0.6) is 0 Å². The first kappa shape index (κ1) is 52.4. The van der Waals surface area contributed by atoms with Crippen LogP contribution in [0.3, 0.4) is 0 Å². The summed E-state index contributed by atoms with van der Waals surface area (Å²) in [6.45, 7) is 10.0. The second-order valence-corrected chi connectivity index (χ2v) is 17.3. The number of amides is 6. The van der Waals surface area contributed by atoms with Gasteiger partial charge in [0, 0.05) is 51.4 Å². The van der Waals surface area contributed by atoms with Crippen molar-refractivity contribution in [1.82, 2.24) is 35.7 Å². The minimum atomic E-state index is -5.12. The highest BCUT2D eigenvalue weighted by atomic mass is 31.2. The van der Waals surface area contributed by atoms with Gasteiger partial charge in [0.25, 0.3) is 0 Å². The Morgan fingerprint density at radius 2 is 1.62 bits per heavy atom. The van der Waals surface area contributed by atoms with Gasteiger partial charge in [0.2, 0.25) is 35.4 Å². The van der Waals surface area contributed by atoms with Crippen molar-refractivity contribution in [1.29, 1.82) is 0 Å². The van der Waals surface area contributed by atoms with Crippen molar-refractivity contribution in [2.45, 2.75) is 134 Å². The van der Waals surface area contributed by atoms with Gasteiger partial charge < -0.3 is 56.1 Å². The SMILES string of the molecule is C=CCCCCn1cncc1C[C@H](NC(=O)[C@H](CC(C)C)NC(=O)[C@@H]1C[C@@H](OCCCCc2ccccc2)CN1C(C)=O)C(=O)N[C@@H](CO)C(=O)NC(C(N)=O)[C@@H](C)OP(=O)(O)O. The molecule has 350 valence electrons. The monoisotopic (exact) mass is 904 g/mol. The number of carbonyl (C=O) groups excluding carboxylic acids is 6. The summed E-state index contributed by atoms with van der Waals surface area (Å²) < 4.78 is 23.8. The van der Waals surface area contributed by atoms with Crippen LogP contribution >= 0.6 is 7.82 Å². The zero-order valence-corrected chi connectivity index (χ0v) is 37.4. The molecule has 7 atom stereocenters. The number of aryl methyl sites for hydroxylation is 2. The van der Waals surface area contributed by atoms with Crippen LogP contribution in [0.4, 0.5) is 0 Å². The number of rotatable bonds is 28. The molecule has 1 aliphatic heterocycles. The van der Waals surface area contributed by atoms with E-state index in [1.165, 1.54) is 23.6 Å². The molecule has 0 aliphatic carbocycles. The Balaban J connectivity index is 1.79. The zero-order chi connectivity index (χ0) is 46.7. The van der Waals surface area contributed by atoms with E-state index in [-0.39, 0.29) is 37.6 Å². The zero-order valence-electron chi connectivity index (χ0n) is 36.5. The molecule has 20 nitrogen and oxygen atoms in total. The Bertz CT molecular complexity index is 1880. The molecule has 2 aromatic rings. The quantitative estimate of drug-likeness (QED) is 0.0333. The molecule has 21 heteroatoms. The lowest BCUT2D eigenvalue weighted by Gasteiger charge is -2.28. The van der Waals surface area contributed by atoms with E-state index in [4.69, 9.17) is 10.5 Å². The van der Waals surface area contributed by atoms with E-state index in [0.29, 0.717) is 18.8 Å². The van der Waals surface area contributed by atoms with E-state index in [9.17, 15) is 48.2 Å². The van der Waals surface area contributed by atoms with Crippen molar-refractivity contribution in [2.75, 3.05) is 19.8 Å². The van der Waals surface area contributed by atoms with Crippen LogP contribution in [-0.2, 0) is 62.0 Å². The van der Waals surface area contributed by atoms with Crippen molar-refractivity contribution in [3.63, 3.8) is 0 Å². The number of nitrogens with one attached hydrogen (secondary N) is 4. The van der Waals surface area contributed by atoms with Gasteiger partial charge in [-0.3, -0.25) is 33.3 Å². The van der Waals surface area contributed by atoms with Gasteiger partial charge in [-0.05, 0) is 63.4 Å². The fourth-order valence-electron chi connectivity index (χ4n) is 7.21. The summed E-state index contributed by atoms with van der Waals surface area (Å²) in [5.41, 5.74) is 7.11. The Morgan fingerprint density at radius 3 is 2.24 bits per heavy atom. The number of phosphoric ester groups is 1. The molecule has 0 spiro atoms. The lowest BCUT2D eigenvalue weighted by Crippen LogP contribution is -2.61. The van der Waals surface area contributed by atoms with Gasteiger partial charge in [0.15, 0.2) is 0 Å². The number of aliphatic hydroxyl groups excluding tert-OH is 1. The number of unbranched alkanes of at least 4 members (excludes halogenated alkanes) is 3. The Kier molecular flexibility index (Phi) is 21.6. The highest BCUT2D eigenvalue weighted by molar-refractivity contribution is 7.46. The Labute approximate surface area is 368 Å². The fraction of sp³-hybridized carbons (Fsp3) is 0.595. The number of aliphatic hydroxyl groups is 1. The van der Waals surface area contributed by atoms with Crippen LogP contribution in [0.15, 0.2) is 55.5 Å². The number of imidazole rings is 1. The number of allylic oxidation sites excluding steroid dienone is 1. The minimum Gasteiger partial charge on any atom is -0.394 e. The highest BCUT2D eigenvalue weighted by Crippen LogP contribution is 2.38. The molecule has 1 fully saturated rings. The van der Waals surface area contributed by atoms with E-state index in [1.54, 1.807) is 17.0 Å². The highest BCUT2D eigenvalue weighted by Gasteiger charge is 2.41. The summed E-state index contributed by atoms with van der Waals surface area (Å²) in [6.07, 6.45) is 8.04. The standard InChI is InChI=1S/C42H65N8O12P/c1-6-7-8-13-18-49-26-44-23-31(49)21-34(40(55)47-35(25-51)41(56)48-37(38(43)53)28(4)62-63(58,59)60)45-39(54)33(20-27(2)3)46-42(57)36-22-32(24-50(36)29(5)52)61-19-14-12-17-30-15-10-9-11-16-30/h6,9-11,15-16,23,26-28,32-37,51H,1,7-8,12-14,17-22,24-25H2,2-5H3,(H2,43,53)(H,45,54)(H,46,57)(H,47,55)(H,48,56)(H2,58,59,60)/t28-,32-,33+,34+,35+,36+,37?/m1/s1. The van der Waals surface area contributed by atoms with E-state index in [0.717, 1.165) is 45.4 Å². The smallest absolute Gasteiger partial charge is 0.394 e. The molecule has 63 heavy (non-hydrogen) atoms. The van der Waals surface area contributed by atoms with E-state index >= 15 is 0 Å². The number of benzene rings is 1. The van der Waals surface area contributed by atoms with Gasteiger partial charge in [-0.2, -0.15) is 0 Å². The maximum atomic E-state index is 14.2. The van der Waals surface area contributed by atoms with Gasteiger partial charge in [-0.25, -0.2) is 9.55 Å². The normalized spacial score (nSPS) is 17.6. The van der Waals surface area contributed by atoms with Crippen molar-refractivity contribution in [2.24, 2.45) is 11.7 Å². The fourth-order valence-corrected chi connectivity index (χ4v) is 7.76. The van der Waals surface area contributed by atoms with Crippen LogP contribution in [-0.4, -0.2) is 127 Å². The first-order valence-electron chi connectivity index (χ1n) is 21.2. The lowest BCUT2D eigenvalue weighted by molar-refractivity contribution is -0.139. The molecule has 1 aromatic carbocycles. The maximum absolute atomic E-state index is 14.2. The molecule has 1 aromatic heterocycles. The van der Waals surface area contributed by atoms with Crippen molar-refractivity contribution >= 4 is 43.3 Å². The second-order valence-electron chi connectivity index (χ2n) is 16.1. The third-order valence-corrected chi connectivity index (χ3v) is 11.1. The third kappa shape index (κ3) is 18.0. The number of hydrogen-bond acceptors (Lipinski definition) is 11. The Morgan fingerprint density at radius 1 is 0.952 bits per heavy atom. The van der Waals surface area contributed by atoms with Crippen LogP contribution in [0, 0.1) is 5.92 Å². The second kappa shape index (κ2) is 26.0. The van der Waals surface area contributed by atoms with Crippen LogP contribution < -0.4 is 27.0 Å². The number of nitrogens with two attached hydrogens (primary N) is 1. The molecule has 0 radical (unpaired) electrons. The van der Waals surface area contributed by atoms with Gasteiger partial charge in [-0.15, -0.1) is 6.58 Å². The lowest BCUT2D eigenvalue weighted by atomic mass is 10.0. The van der Waals surface area contributed by atoms with Gasteiger partial charge in [0.1, 0.15) is 30.2 Å². The predicted octanol–water partition coefficient (Wildman–Crippen LogP) is 0.772. The molecule has 0 bridgehead atoms. The number of phosphoric acid groups is 1. The largest absolute Gasteiger partial charge is 0.469 e. The molecule has 0 saturated carbocycles. The minimum absolute atomic E-state index is 0.123. The van der Waals surface area contributed by atoms with E-state index in [1.807, 2.05) is 32.0 Å². The van der Waals surface area contributed by atoms with Crippen LogP contribution in [0.1, 0.15) is 83.9 Å². The van der Waals surface area contributed by atoms with Gasteiger partial charge >= 0.3 is 7.82 Å². The average Bonchev–Trinajstić information content (AvgIpc) is 3.86. The molecule has 3 rings (SSSR count). The summed E-state index contributed by atoms with van der Waals surface area (Å²) in [5.74, 6) is -5.08. The number of likely N-dealkylation sites (tertiary alicyclic amines) is 1. The predicted molar refractivity (Wildman–Crippen MR) is 231 cm³/mol. The third-order valence-electron chi connectivity index (χ3n) is 10.5. The van der Waals surface area contributed by atoms with Gasteiger partial charge in [-0.1, -0.05) is 50.3 Å². The average molecular weight is 905 g/mol. The number of carbonyl (C=O) groups is 6. The first-order chi connectivity index (χ1) is 29.8. The molecule has 1 aliphatic rings. The molecule has 1 saturated heterocycles. The first-order valence-corrected chi connectivity index (χ1v) is 22.7. The molecule has 6 amide bonds. The molecular formula is C42H65N8O12P. The summed E-state index contributed by atoms with van der Waals surface area (Å²) in [5, 5.41) is 20.2. The van der Waals surface area contributed by atoms with Crippen molar-refractivity contribution in [3.05, 3.63) is 66.8 Å². The van der Waals surface area contributed by atoms with E-state index in [2.05, 4.69) is 49.5 Å². The molecule has 1 unspecified atom stereocenters. The van der Waals surface area contributed by atoms with Crippen LogP contribution in [0.2, 0.25) is 0 Å². The summed E-state index contributed by atoms with van der Waals surface area (Å²) in [7, 11) is -5.12. The number of ether oxygens (including phenoxy) is 1. The van der Waals surface area contributed by atoms with Crippen molar-refractivity contribution in [3.8, 4) is 0 Å². The van der Waals surface area contributed by atoms with Crippen LogP contribution in [0.25, 0.3) is 0 Å². The summed E-state index contributed by atoms with van der Waals surface area (Å²) in [4.78, 5) is 104. The molecular weight excluding hydrogens is 839 g/mol. The maximum Gasteiger partial charge on any atom is 0.469 e. The van der Waals surface area contributed by atoms with Crippen molar-refractivity contribution < 1.29 is 57.5 Å².